The minimum Gasteiger partial charge on any atom is -0.481 e. The molecule has 1 amide bonds. The lowest BCUT2D eigenvalue weighted by atomic mass is 9.99. The lowest BCUT2D eigenvalue weighted by Gasteiger charge is -2.45. The van der Waals surface area contributed by atoms with Crippen LogP contribution in [-0.4, -0.2) is 59.0 Å². The van der Waals surface area contributed by atoms with Crippen molar-refractivity contribution in [2.24, 2.45) is 0 Å². The van der Waals surface area contributed by atoms with E-state index in [9.17, 15) is 9.59 Å². The van der Waals surface area contributed by atoms with Gasteiger partial charge in [-0.15, -0.1) is 0 Å². The van der Waals surface area contributed by atoms with Crippen molar-refractivity contribution in [2.75, 3.05) is 26.7 Å². The SMILES string of the molecule is CN1CCN(C(=O)CC(=O)O)CC1(C)C. The number of nitrogens with zero attached hydrogens (tertiary/aromatic N) is 2. The Morgan fingerprint density at radius 2 is 1.93 bits per heavy atom. The third kappa shape index (κ3) is 2.92. The summed E-state index contributed by atoms with van der Waals surface area (Å²) in [6, 6.07) is 0. The summed E-state index contributed by atoms with van der Waals surface area (Å²) in [5, 5.41) is 8.54. The molecule has 1 rings (SSSR count). The van der Waals surface area contributed by atoms with Gasteiger partial charge in [0, 0.05) is 25.2 Å². The van der Waals surface area contributed by atoms with E-state index in [0.717, 1.165) is 6.54 Å². The molecule has 1 aliphatic rings. The number of carboxylic acids is 1. The maximum Gasteiger partial charge on any atom is 0.312 e. The number of piperazine rings is 1. The molecule has 0 aromatic heterocycles. The molecule has 15 heavy (non-hydrogen) atoms. The normalized spacial score (nSPS) is 21.4. The van der Waals surface area contributed by atoms with Crippen molar-refractivity contribution in [2.45, 2.75) is 25.8 Å². The smallest absolute Gasteiger partial charge is 0.312 e. The highest BCUT2D eigenvalue weighted by Crippen LogP contribution is 2.19. The van der Waals surface area contributed by atoms with Crippen molar-refractivity contribution in [3.8, 4) is 0 Å². The first-order valence-electron chi connectivity index (χ1n) is 5.04. The van der Waals surface area contributed by atoms with Crippen molar-refractivity contribution in [3.63, 3.8) is 0 Å². The van der Waals surface area contributed by atoms with Gasteiger partial charge in [-0.3, -0.25) is 14.5 Å². The molecular formula is C10H18N2O3. The standard InChI is InChI=1S/C10H18N2O3/c1-10(2)7-12(5-4-11(10)3)8(13)6-9(14)15/h4-7H2,1-3H3,(H,14,15). The van der Waals surface area contributed by atoms with Crippen LogP contribution in [0.4, 0.5) is 0 Å². The fourth-order valence-electron chi connectivity index (χ4n) is 1.69. The zero-order valence-electron chi connectivity index (χ0n) is 9.49. The predicted molar refractivity (Wildman–Crippen MR) is 55.5 cm³/mol. The van der Waals surface area contributed by atoms with Gasteiger partial charge >= 0.3 is 5.97 Å². The van der Waals surface area contributed by atoms with Crippen LogP contribution in [0.3, 0.4) is 0 Å². The van der Waals surface area contributed by atoms with Crippen LogP contribution in [0.1, 0.15) is 20.3 Å². The highest BCUT2D eigenvalue weighted by molar-refractivity contribution is 5.93. The number of hydrogen-bond acceptors (Lipinski definition) is 3. The number of carbonyl (C=O) groups excluding carboxylic acids is 1. The summed E-state index contributed by atoms with van der Waals surface area (Å²) in [5.41, 5.74) is -0.0770. The molecule has 86 valence electrons. The number of likely N-dealkylation sites (N-methyl/N-ethyl adjacent to an activating group) is 1. The van der Waals surface area contributed by atoms with Crippen molar-refractivity contribution >= 4 is 11.9 Å². The van der Waals surface area contributed by atoms with Crippen LogP contribution in [0.5, 0.6) is 0 Å². The van der Waals surface area contributed by atoms with Gasteiger partial charge < -0.3 is 10.0 Å². The summed E-state index contributed by atoms with van der Waals surface area (Å²) in [4.78, 5) is 25.8. The average Bonchev–Trinajstić information content (AvgIpc) is 2.08. The van der Waals surface area contributed by atoms with E-state index >= 15 is 0 Å². The highest BCUT2D eigenvalue weighted by Gasteiger charge is 2.33. The second-order valence-electron chi connectivity index (χ2n) is 4.62. The summed E-state index contributed by atoms with van der Waals surface area (Å²) >= 11 is 0. The van der Waals surface area contributed by atoms with Crippen LogP contribution in [0.25, 0.3) is 0 Å². The Labute approximate surface area is 89.7 Å². The third-order valence-electron chi connectivity index (χ3n) is 2.97. The number of aliphatic carboxylic acids is 1. The van der Waals surface area contributed by atoms with Crippen molar-refractivity contribution in [3.05, 3.63) is 0 Å². The lowest BCUT2D eigenvalue weighted by Crippen LogP contribution is -2.59. The number of amides is 1. The number of carbonyl (C=O) groups is 2. The van der Waals surface area contributed by atoms with Crippen molar-refractivity contribution in [1.29, 1.82) is 0 Å². The van der Waals surface area contributed by atoms with Gasteiger partial charge in [-0.05, 0) is 20.9 Å². The predicted octanol–water partition coefficient (Wildman–Crippen LogP) is 0.0137. The van der Waals surface area contributed by atoms with Gasteiger partial charge in [-0.1, -0.05) is 0 Å². The lowest BCUT2D eigenvalue weighted by molar-refractivity contribution is -0.146. The van der Waals surface area contributed by atoms with Crippen LogP contribution >= 0.6 is 0 Å². The van der Waals surface area contributed by atoms with Crippen molar-refractivity contribution < 1.29 is 14.7 Å². The molecule has 1 N–H and O–H groups in total. The van der Waals surface area contributed by atoms with Gasteiger partial charge in [-0.25, -0.2) is 0 Å². The molecule has 1 saturated heterocycles. The summed E-state index contributed by atoms with van der Waals surface area (Å²) in [6.07, 6.45) is -0.403. The molecule has 0 spiro atoms. The zero-order valence-corrected chi connectivity index (χ0v) is 9.49. The molecule has 1 aliphatic heterocycles. The number of carboxylic acid groups (broad SMARTS) is 1. The number of hydrogen-bond donors (Lipinski definition) is 1. The second-order valence-corrected chi connectivity index (χ2v) is 4.62. The van der Waals surface area contributed by atoms with Crippen molar-refractivity contribution in [1.82, 2.24) is 9.80 Å². The van der Waals surface area contributed by atoms with E-state index in [1.807, 2.05) is 20.9 Å². The van der Waals surface area contributed by atoms with Crippen LogP contribution < -0.4 is 0 Å². The minimum absolute atomic E-state index is 0.0770. The monoisotopic (exact) mass is 214 g/mol. The van der Waals surface area contributed by atoms with Crippen LogP contribution in [0.2, 0.25) is 0 Å². The van der Waals surface area contributed by atoms with Crippen LogP contribution in [-0.2, 0) is 9.59 Å². The average molecular weight is 214 g/mol. The van der Waals surface area contributed by atoms with Gasteiger partial charge in [-0.2, -0.15) is 0 Å². The first-order chi connectivity index (χ1) is 6.83. The third-order valence-corrected chi connectivity index (χ3v) is 2.97. The summed E-state index contributed by atoms with van der Waals surface area (Å²) < 4.78 is 0. The summed E-state index contributed by atoms with van der Waals surface area (Å²) in [6.45, 7) is 6.10. The maximum absolute atomic E-state index is 11.5. The van der Waals surface area contributed by atoms with Gasteiger partial charge in [0.25, 0.3) is 0 Å². The van der Waals surface area contributed by atoms with Crippen LogP contribution in [0, 0.1) is 0 Å². The Bertz CT molecular complexity index is 276. The summed E-state index contributed by atoms with van der Waals surface area (Å²) in [5.74, 6) is -1.35. The van der Waals surface area contributed by atoms with E-state index in [0.29, 0.717) is 13.1 Å². The topological polar surface area (TPSA) is 60.9 Å². The Morgan fingerprint density at radius 1 is 1.33 bits per heavy atom. The maximum atomic E-state index is 11.5. The molecule has 0 unspecified atom stereocenters. The van der Waals surface area contributed by atoms with Gasteiger partial charge in [0.05, 0.1) is 0 Å². The molecule has 0 aromatic carbocycles. The molecule has 0 aromatic rings. The zero-order chi connectivity index (χ0) is 11.6. The molecule has 0 atom stereocenters. The molecule has 1 heterocycles. The molecule has 0 bridgehead atoms. The largest absolute Gasteiger partial charge is 0.481 e. The van der Waals surface area contributed by atoms with Gasteiger partial charge in [0.15, 0.2) is 0 Å². The molecule has 0 radical (unpaired) electrons. The Morgan fingerprint density at radius 3 is 2.40 bits per heavy atom. The molecule has 0 aliphatic carbocycles. The quantitative estimate of drug-likeness (QED) is 0.658. The van der Waals surface area contributed by atoms with E-state index in [1.165, 1.54) is 0 Å². The van der Waals surface area contributed by atoms with E-state index in [2.05, 4.69) is 4.90 Å². The van der Waals surface area contributed by atoms with E-state index in [4.69, 9.17) is 5.11 Å². The van der Waals surface area contributed by atoms with E-state index < -0.39 is 12.4 Å². The van der Waals surface area contributed by atoms with E-state index in [-0.39, 0.29) is 11.4 Å². The van der Waals surface area contributed by atoms with Gasteiger partial charge in [0.2, 0.25) is 5.91 Å². The summed E-state index contributed by atoms with van der Waals surface area (Å²) in [7, 11) is 2.01. The second kappa shape index (κ2) is 4.18. The first-order valence-corrected chi connectivity index (χ1v) is 5.04. The number of rotatable bonds is 2. The Kier molecular flexibility index (Phi) is 3.34. The highest BCUT2D eigenvalue weighted by atomic mass is 16.4. The fourth-order valence-corrected chi connectivity index (χ4v) is 1.69. The fraction of sp³-hybridized carbons (Fsp3) is 0.800. The van der Waals surface area contributed by atoms with Crippen LogP contribution in [0.15, 0.2) is 0 Å². The van der Waals surface area contributed by atoms with Gasteiger partial charge in [0.1, 0.15) is 6.42 Å². The molecule has 0 saturated carbocycles. The Balaban J connectivity index is 2.59. The minimum atomic E-state index is -1.06. The molecule has 5 heteroatoms. The molecule has 1 fully saturated rings. The Hall–Kier alpha value is -1.10. The molecular weight excluding hydrogens is 196 g/mol. The van der Waals surface area contributed by atoms with E-state index in [1.54, 1.807) is 4.90 Å². The first kappa shape index (κ1) is 12.0. The molecule has 5 nitrogen and oxygen atoms in total.